The zero-order valence-corrected chi connectivity index (χ0v) is 14.6. The molecule has 0 spiro atoms. The van der Waals surface area contributed by atoms with E-state index in [1.54, 1.807) is 6.08 Å². The summed E-state index contributed by atoms with van der Waals surface area (Å²) in [6, 6.07) is 25.5. The lowest BCUT2D eigenvalue weighted by Crippen LogP contribution is -2.12. The molecule has 3 heteroatoms. The van der Waals surface area contributed by atoms with Crippen LogP contribution in [0.2, 0.25) is 0 Å². The minimum absolute atomic E-state index is 0.184. The minimum Gasteiger partial charge on any atom is -0.430 e. The molecule has 0 fully saturated rings. The van der Waals surface area contributed by atoms with E-state index in [-0.39, 0.29) is 6.61 Å². The number of carbonyl (C=O) groups is 1. The molecule has 26 heavy (non-hydrogen) atoms. The summed E-state index contributed by atoms with van der Waals surface area (Å²) >= 11 is 0. The van der Waals surface area contributed by atoms with Gasteiger partial charge in [0.1, 0.15) is 12.4 Å². The molecule has 0 bridgehead atoms. The Labute approximate surface area is 153 Å². The quantitative estimate of drug-likeness (QED) is 0.318. The van der Waals surface area contributed by atoms with E-state index in [4.69, 9.17) is 9.47 Å². The lowest BCUT2D eigenvalue weighted by atomic mass is 9.97. The van der Waals surface area contributed by atoms with Crippen LogP contribution >= 0.6 is 0 Å². The molecule has 0 radical (unpaired) electrons. The summed E-state index contributed by atoms with van der Waals surface area (Å²) in [4.78, 5) is 12.2. The van der Waals surface area contributed by atoms with Crippen LogP contribution < -0.4 is 4.74 Å². The van der Waals surface area contributed by atoms with E-state index in [0.29, 0.717) is 5.75 Å². The van der Waals surface area contributed by atoms with Crippen LogP contribution in [0.15, 0.2) is 91.0 Å². The van der Waals surface area contributed by atoms with Crippen molar-refractivity contribution in [2.45, 2.75) is 6.92 Å². The third-order valence-electron chi connectivity index (χ3n) is 3.90. The van der Waals surface area contributed by atoms with Gasteiger partial charge in [-0.05, 0) is 18.1 Å². The molecule has 130 valence electrons. The van der Waals surface area contributed by atoms with Crippen molar-refractivity contribution in [1.82, 2.24) is 0 Å². The fourth-order valence-corrected chi connectivity index (χ4v) is 2.66. The average Bonchev–Trinajstić information content (AvgIpc) is 2.70. The van der Waals surface area contributed by atoms with Gasteiger partial charge in [0.15, 0.2) is 0 Å². The maximum absolute atomic E-state index is 12.2. The molecule has 0 N–H and O–H groups in total. The van der Waals surface area contributed by atoms with Crippen LogP contribution in [0.4, 0.5) is 4.79 Å². The fraction of sp³-hybridized carbons (Fsp3) is 0.0870. The Morgan fingerprint density at radius 1 is 0.808 bits per heavy atom. The highest BCUT2D eigenvalue weighted by Crippen LogP contribution is 2.39. The van der Waals surface area contributed by atoms with Crippen molar-refractivity contribution in [2.75, 3.05) is 6.61 Å². The van der Waals surface area contributed by atoms with Crippen molar-refractivity contribution in [1.29, 1.82) is 0 Å². The first-order valence-corrected chi connectivity index (χ1v) is 8.49. The topological polar surface area (TPSA) is 35.5 Å². The summed E-state index contributed by atoms with van der Waals surface area (Å²) in [6.07, 6.45) is 2.85. The molecule has 3 aromatic rings. The second-order valence-electron chi connectivity index (χ2n) is 5.65. The zero-order chi connectivity index (χ0) is 18.2. The van der Waals surface area contributed by atoms with Crippen molar-refractivity contribution >= 4 is 6.16 Å². The van der Waals surface area contributed by atoms with Crippen LogP contribution in [0.3, 0.4) is 0 Å². The molecule has 0 saturated carbocycles. The summed E-state index contributed by atoms with van der Waals surface area (Å²) < 4.78 is 10.8. The van der Waals surface area contributed by atoms with Crippen molar-refractivity contribution in [3.63, 3.8) is 0 Å². The van der Waals surface area contributed by atoms with Crippen molar-refractivity contribution in [2.24, 2.45) is 0 Å². The average molecular weight is 344 g/mol. The highest BCUT2D eigenvalue weighted by atomic mass is 16.7. The van der Waals surface area contributed by atoms with Crippen LogP contribution in [0, 0.1) is 0 Å². The molecule has 0 atom stereocenters. The van der Waals surface area contributed by atoms with E-state index in [9.17, 15) is 4.79 Å². The summed E-state index contributed by atoms with van der Waals surface area (Å²) in [5, 5.41) is 0. The molecule has 0 heterocycles. The van der Waals surface area contributed by atoms with E-state index in [1.165, 1.54) is 0 Å². The molecule has 0 unspecified atom stereocenters. The van der Waals surface area contributed by atoms with Gasteiger partial charge in [-0.1, -0.05) is 91.0 Å². The lowest BCUT2D eigenvalue weighted by Gasteiger charge is -2.15. The van der Waals surface area contributed by atoms with Gasteiger partial charge in [0.25, 0.3) is 0 Å². The second-order valence-corrected chi connectivity index (χ2v) is 5.65. The molecule has 0 aliphatic carbocycles. The van der Waals surface area contributed by atoms with Crippen LogP contribution in [-0.2, 0) is 4.74 Å². The van der Waals surface area contributed by atoms with Gasteiger partial charge in [0, 0.05) is 11.1 Å². The number of benzene rings is 3. The number of carbonyl (C=O) groups excluding carboxylic acids is 1. The van der Waals surface area contributed by atoms with Crippen molar-refractivity contribution in [3.8, 4) is 28.0 Å². The molecular weight excluding hydrogens is 324 g/mol. The van der Waals surface area contributed by atoms with Crippen LogP contribution in [0.25, 0.3) is 22.3 Å². The van der Waals surface area contributed by atoms with Crippen molar-refractivity contribution < 1.29 is 14.3 Å². The van der Waals surface area contributed by atoms with Crippen LogP contribution in [0.1, 0.15) is 6.92 Å². The van der Waals surface area contributed by atoms with Gasteiger partial charge >= 0.3 is 6.16 Å². The van der Waals surface area contributed by atoms with Crippen LogP contribution in [-0.4, -0.2) is 12.8 Å². The maximum Gasteiger partial charge on any atom is 0.514 e. The first-order chi connectivity index (χ1) is 12.8. The summed E-state index contributed by atoms with van der Waals surface area (Å²) in [5.74, 6) is 0.496. The van der Waals surface area contributed by atoms with Gasteiger partial charge in [0.05, 0.1) is 0 Å². The Kier molecular flexibility index (Phi) is 5.84. The molecule has 0 aromatic heterocycles. The first kappa shape index (κ1) is 17.5. The van der Waals surface area contributed by atoms with Gasteiger partial charge < -0.3 is 9.47 Å². The van der Waals surface area contributed by atoms with Gasteiger partial charge in [-0.15, -0.1) is 0 Å². The standard InChI is InChI=1S/C23H20O3/c1-2-3-17-25-23(24)26-22-20(18-11-6-4-7-12-18)15-10-16-21(22)19-13-8-5-9-14-19/h2-16H,17H2,1H3/b3-2+. The molecular formula is C23H20O3. The van der Waals surface area contributed by atoms with E-state index in [2.05, 4.69) is 0 Å². The van der Waals surface area contributed by atoms with E-state index < -0.39 is 6.16 Å². The molecule has 0 amide bonds. The Morgan fingerprint density at radius 2 is 1.35 bits per heavy atom. The first-order valence-electron chi connectivity index (χ1n) is 8.49. The van der Waals surface area contributed by atoms with Crippen molar-refractivity contribution in [3.05, 3.63) is 91.0 Å². The number of hydrogen-bond donors (Lipinski definition) is 0. The second kappa shape index (κ2) is 8.67. The number of ether oxygens (including phenoxy) is 2. The third kappa shape index (κ3) is 4.19. The Balaban J connectivity index is 2.04. The molecule has 0 aliphatic heterocycles. The summed E-state index contributed by atoms with van der Waals surface area (Å²) in [5.41, 5.74) is 3.63. The third-order valence-corrected chi connectivity index (χ3v) is 3.90. The molecule has 3 rings (SSSR count). The maximum atomic E-state index is 12.2. The predicted molar refractivity (Wildman–Crippen MR) is 104 cm³/mol. The largest absolute Gasteiger partial charge is 0.514 e. The fourth-order valence-electron chi connectivity index (χ4n) is 2.66. The highest BCUT2D eigenvalue weighted by molar-refractivity contribution is 5.85. The monoisotopic (exact) mass is 344 g/mol. The minimum atomic E-state index is -0.719. The lowest BCUT2D eigenvalue weighted by molar-refractivity contribution is 0.110. The van der Waals surface area contributed by atoms with Gasteiger partial charge in [-0.3, -0.25) is 0 Å². The molecule has 0 aliphatic rings. The van der Waals surface area contributed by atoms with E-state index in [0.717, 1.165) is 22.3 Å². The Bertz CT molecular complexity index is 826. The van der Waals surface area contributed by atoms with E-state index in [1.807, 2.05) is 91.9 Å². The van der Waals surface area contributed by atoms with Crippen LogP contribution in [0.5, 0.6) is 5.75 Å². The number of rotatable bonds is 5. The summed E-state index contributed by atoms with van der Waals surface area (Å²) in [6.45, 7) is 2.05. The summed E-state index contributed by atoms with van der Waals surface area (Å²) in [7, 11) is 0. The molecule has 3 nitrogen and oxygen atoms in total. The predicted octanol–water partition coefficient (Wildman–Crippen LogP) is 6.11. The van der Waals surface area contributed by atoms with Gasteiger partial charge in [0.2, 0.25) is 0 Å². The number of allylic oxidation sites excluding steroid dienone is 1. The molecule has 0 saturated heterocycles. The zero-order valence-electron chi connectivity index (χ0n) is 14.6. The Morgan fingerprint density at radius 3 is 1.85 bits per heavy atom. The smallest absolute Gasteiger partial charge is 0.430 e. The SMILES string of the molecule is C/C=C/COC(=O)Oc1c(-c2ccccc2)cccc1-c1ccccc1. The van der Waals surface area contributed by atoms with Gasteiger partial charge in [-0.2, -0.15) is 0 Å². The normalized spacial score (nSPS) is 10.7. The van der Waals surface area contributed by atoms with E-state index >= 15 is 0 Å². The van der Waals surface area contributed by atoms with Gasteiger partial charge in [-0.25, -0.2) is 4.79 Å². The number of para-hydroxylation sites is 1. The Hall–Kier alpha value is -3.33. The number of hydrogen-bond acceptors (Lipinski definition) is 3. The molecule has 3 aromatic carbocycles. The highest BCUT2D eigenvalue weighted by Gasteiger charge is 2.17.